The van der Waals surface area contributed by atoms with E-state index in [4.69, 9.17) is 10.3 Å². The van der Waals surface area contributed by atoms with Gasteiger partial charge in [-0.15, -0.1) is 0 Å². The molecule has 3 nitrogen and oxygen atoms in total. The van der Waals surface area contributed by atoms with E-state index >= 15 is 0 Å². The third kappa shape index (κ3) is 2.65. The van der Waals surface area contributed by atoms with Gasteiger partial charge >= 0.3 is 0 Å². The maximum atomic E-state index is 5.64. The normalized spacial score (nSPS) is 17.3. The summed E-state index contributed by atoms with van der Waals surface area (Å²) in [6.07, 6.45) is 7.97. The van der Waals surface area contributed by atoms with Crippen LogP contribution in [0.1, 0.15) is 50.0 Å². The first-order chi connectivity index (χ1) is 9.34. The standard InChI is InChI=1S/C16H20N2O/c17-16-11-15(18-19-16)14-10-6-5-9-13(14)12-7-3-1-2-4-8-12/h5-6,9-12H,1-4,7-8,17H2. The van der Waals surface area contributed by atoms with Crippen LogP contribution in [0.15, 0.2) is 34.9 Å². The molecule has 3 rings (SSSR count). The summed E-state index contributed by atoms with van der Waals surface area (Å²) in [7, 11) is 0. The summed E-state index contributed by atoms with van der Waals surface area (Å²) in [6.45, 7) is 0. The molecule has 0 spiro atoms. The molecule has 0 bridgehead atoms. The summed E-state index contributed by atoms with van der Waals surface area (Å²) in [6, 6.07) is 10.3. The zero-order valence-corrected chi connectivity index (χ0v) is 11.1. The molecule has 1 fully saturated rings. The van der Waals surface area contributed by atoms with Gasteiger partial charge in [-0.1, -0.05) is 55.1 Å². The maximum absolute atomic E-state index is 5.64. The van der Waals surface area contributed by atoms with E-state index in [2.05, 4.69) is 29.4 Å². The lowest BCUT2D eigenvalue weighted by Crippen LogP contribution is -1.99. The van der Waals surface area contributed by atoms with Crippen LogP contribution in [0.5, 0.6) is 0 Å². The lowest BCUT2D eigenvalue weighted by atomic mass is 9.87. The molecule has 0 amide bonds. The van der Waals surface area contributed by atoms with Crippen molar-refractivity contribution >= 4 is 5.88 Å². The zero-order valence-electron chi connectivity index (χ0n) is 11.1. The van der Waals surface area contributed by atoms with Crippen molar-refractivity contribution in [2.45, 2.75) is 44.4 Å². The summed E-state index contributed by atoms with van der Waals surface area (Å²) in [5, 5.41) is 4.06. The molecule has 0 saturated heterocycles. The quantitative estimate of drug-likeness (QED) is 0.812. The summed E-state index contributed by atoms with van der Waals surface area (Å²) in [5.74, 6) is 1.03. The van der Waals surface area contributed by atoms with E-state index in [9.17, 15) is 0 Å². The maximum Gasteiger partial charge on any atom is 0.222 e. The van der Waals surface area contributed by atoms with Crippen molar-refractivity contribution in [2.75, 3.05) is 5.73 Å². The molecule has 1 aliphatic rings. The van der Waals surface area contributed by atoms with Crippen LogP contribution in [-0.2, 0) is 0 Å². The van der Waals surface area contributed by atoms with Crippen LogP contribution in [0.4, 0.5) is 5.88 Å². The summed E-state index contributed by atoms with van der Waals surface area (Å²) in [5.41, 5.74) is 9.08. The molecule has 1 aliphatic carbocycles. The molecule has 1 heterocycles. The predicted octanol–water partition coefficient (Wildman–Crippen LogP) is 4.36. The summed E-state index contributed by atoms with van der Waals surface area (Å²) in [4.78, 5) is 0. The first-order valence-corrected chi connectivity index (χ1v) is 7.16. The second kappa shape index (κ2) is 5.47. The number of rotatable bonds is 2. The lowest BCUT2D eigenvalue weighted by molar-refractivity contribution is 0.439. The third-order valence-corrected chi connectivity index (χ3v) is 4.06. The van der Waals surface area contributed by atoms with Gasteiger partial charge in [-0.25, -0.2) is 0 Å². The Morgan fingerprint density at radius 2 is 1.79 bits per heavy atom. The highest BCUT2D eigenvalue weighted by Gasteiger charge is 2.19. The molecule has 2 aromatic rings. The number of benzene rings is 1. The van der Waals surface area contributed by atoms with E-state index in [0.29, 0.717) is 11.8 Å². The zero-order chi connectivity index (χ0) is 13.1. The molecule has 0 unspecified atom stereocenters. The van der Waals surface area contributed by atoms with Crippen LogP contribution in [0.2, 0.25) is 0 Å². The number of hydrogen-bond acceptors (Lipinski definition) is 3. The van der Waals surface area contributed by atoms with E-state index in [1.807, 2.05) is 6.07 Å². The van der Waals surface area contributed by atoms with Gasteiger partial charge in [0.1, 0.15) is 5.69 Å². The van der Waals surface area contributed by atoms with Crippen molar-refractivity contribution in [3.63, 3.8) is 0 Å². The molecular weight excluding hydrogens is 236 g/mol. The average Bonchev–Trinajstić information content (AvgIpc) is 2.71. The highest BCUT2D eigenvalue weighted by molar-refractivity contribution is 5.66. The number of anilines is 1. The molecular formula is C16H20N2O. The average molecular weight is 256 g/mol. The van der Waals surface area contributed by atoms with Crippen molar-refractivity contribution < 1.29 is 4.52 Å². The SMILES string of the molecule is Nc1cc(-c2ccccc2C2CCCCCC2)no1. The minimum Gasteiger partial charge on any atom is -0.368 e. The van der Waals surface area contributed by atoms with Gasteiger partial charge in [0.15, 0.2) is 0 Å². The number of nitrogens with two attached hydrogens (primary N) is 1. The van der Waals surface area contributed by atoms with Gasteiger partial charge in [0, 0.05) is 11.6 Å². The molecule has 1 aromatic carbocycles. The molecule has 3 heteroatoms. The lowest BCUT2D eigenvalue weighted by Gasteiger charge is -2.17. The minimum absolute atomic E-state index is 0.380. The molecule has 19 heavy (non-hydrogen) atoms. The predicted molar refractivity (Wildman–Crippen MR) is 76.8 cm³/mol. The highest BCUT2D eigenvalue weighted by atomic mass is 16.5. The Balaban J connectivity index is 1.96. The molecule has 1 saturated carbocycles. The smallest absolute Gasteiger partial charge is 0.222 e. The molecule has 1 aromatic heterocycles. The van der Waals surface area contributed by atoms with Crippen LogP contribution in [0, 0.1) is 0 Å². The third-order valence-electron chi connectivity index (χ3n) is 4.06. The molecule has 0 aliphatic heterocycles. The minimum atomic E-state index is 0.380. The topological polar surface area (TPSA) is 52.0 Å². The van der Waals surface area contributed by atoms with Crippen LogP contribution >= 0.6 is 0 Å². The summed E-state index contributed by atoms with van der Waals surface area (Å²) < 4.78 is 5.01. The van der Waals surface area contributed by atoms with Gasteiger partial charge in [0.2, 0.25) is 5.88 Å². The van der Waals surface area contributed by atoms with Gasteiger partial charge in [0.25, 0.3) is 0 Å². The first kappa shape index (κ1) is 12.3. The van der Waals surface area contributed by atoms with E-state index in [0.717, 1.165) is 5.69 Å². The van der Waals surface area contributed by atoms with Crippen molar-refractivity contribution in [1.29, 1.82) is 0 Å². The Morgan fingerprint density at radius 3 is 2.47 bits per heavy atom. The Labute approximate surface area is 113 Å². The van der Waals surface area contributed by atoms with Crippen LogP contribution in [-0.4, -0.2) is 5.16 Å². The van der Waals surface area contributed by atoms with Gasteiger partial charge < -0.3 is 10.3 Å². The van der Waals surface area contributed by atoms with Gasteiger partial charge in [0.05, 0.1) is 0 Å². The van der Waals surface area contributed by atoms with Crippen LogP contribution in [0.3, 0.4) is 0 Å². The number of nitrogens with zero attached hydrogens (tertiary/aromatic N) is 1. The molecule has 0 atom stereocenters. The second-order valence-electron chi connectivity index (χ2n) is 5.39. The first-order valence-electron chi connectivity index (χ1n) is 7.16. The molecule has 100 valence electrons. The fourth-order valence-corrected chi connectivity index (χ4v) is 3.09. The number of hydrogen-bond donors (Lipinski definition) is 1. The monoisotopic (exact) mass is 256 g/mol. The Kier molecular flexibility index (Phi) is 3.53. The van der Waals surface area contributed by atoms with Crippen molar-refractivity contribution in [3.05, 3.63) is 35.9 Å². The van der Waals surface area contributed by atoms with Crippen LogP contribution in [0.25, 0.3) is 11.3 Å². The van der Waals surface area contributed by atoms with Gasteiger partial charge in [-0.2, -0.15) is 0 Å². The highest BCUT2D eigenvalue weighted by Crippen LogP contribution is 2.37. The fourth-order valence-electron chi connectivity index (χ4n) is 3.09. The Hall–Kier alpha value is -1.77. The summed E-state index contributed by atoms with van der Waals surface area (Å²) >= 11 is 0. The van der Waals surface area contributed by atoms with E-state index in [1.54, 1.807) is 0 Å². The Morgan fingerprint density at radius 1 is 1.05 bits per heavy atom. The van der Waals surface area contributed by atoms with Gasteiger partial charge in [-0.05, 0) is 24.3 Å². The largest absolute Gasteiger partial charge is 0.368 e. The van der Waals surface area contributed by atoms with Crippen molar-refractivity contribution in [3.8, 4) is 11.3 Å². The van der Waals surface area contributed by atoms with Crippen LogP contribution < -0.4 is 5.73 Å². The molecule has 2 N–H and O–H groups in total. The van der Waals surface area contributed by atoms with E-state index in [1.165, 1.54) is 49.7 Å². The number of nitrogen functional groups attached to an aromatic ring is 1. The fraction of sp³-hybridized carbons (Fsp3) is 0.438. The van der Waals surface area contributed by atoms with E-state index < -0.39 is 0 Å². The van der Waals surface area contributed by atoms with Gasteiger partial charge in [-0.3, -0.25) is 0 Å². The molecule has 0 radical (unpaired) electrons. The van der Waals surface area contributed by atoms with Crippen molar-refractivity contribution in [2.24, 2.45) is 0 Å². The number of aromatic nitrogens is 1. The second-order valence-corrected chi connectivity index (χ2v) is 5.39. The van der Waals surface area contributed by atoms with Crippen molar-refractivity contribution in [1.82, 2.24) is 5.16 Å². The van der Waals surface area contributed by atoms with E-state index in [-0.39, 0.29) is 0 Å². The Bertz CT molecular complexity index is 539.